The number of methoxy groups -OCH3 is 1. The first-order chi connectivity index (χ1) is 7.13. The highest BCUT2D eigenvalue weighted by molar-refractivity contribution is 7.81. The molecule has 0 aliphatic carbocycles. The molecule has 1 rings (SSSR count). The first-order valence-electron chi connectivity index (χ1n) is 4.67. The molecule has 1 N–H and O–H groups in total. The number of benzene rings is 1. The normalized spacial score (nSPS) is 12.1. The summed E-state index contributed by atoms with van der Waals surface area (Å²) in [4.78, 5) is 10.5. The first-order valence-corrected chi connectivity index (χ1v) is 5.19. The van der Waals surface area contributed by atoms with Crippen molar-refractivity contribution >= 4 is 18.6 Å². The van der Waals surface area contributed by atoms with Crippen molar-refractivity contribution in [2.75, 3.05) is 7.11 Å². The van der Waals surface area contributed by atoms with Gasteiger partial charge in [-0.15, -0.1) is 0 Å². The number of rotatable bonds is 5. The van der Waals surface area contributed by atoms with Crippen LogP contribution < -0.4 is 4.74 Å². The second-order valence-electron chi connectivity index (χ2n) is 3.24. The van der Waals surface area contributed by atoms with Crippen molar-refractivity contribution in [3.63, 3.8) is 0 Å². The molecule has 4 heteroatoms. The third-order valence-corrected chi connectivity index (χ3v) is 2.63. The highest BCUT2D eigenvalue weighted by Gasteiger charge is 2.11. The fraction of sp³-hybridized carbons (Fsp3) is 0.364. The SMILES string of the molecule is COc1ccc(CCC(S)C(=O)O)cc1. The van der Waals surface area contributed by atoms with Gasteiger partial charge in [0.1, 0.15) is 5.75 Å². The Morgan fingerprint density at radius 2 is 2.07 bits per heavy atom. The summed E-state index contributed by atoms with van der Waals surface area (Å²) in [6, 6.07) is 7.59. The van der Waals surface area contributed by atoms with E-state index in [2.05, 4.69) is 12.6 Å². The zero-order chi connectivity index (χ0) is 11.3. The molecule has 0 heterocycles. The molecule has 0 amide bonds. The Labute approximate surface area is 94.5 Å². The van der Waals surface area contributed by atoms with Crippen molar-refractivity contribution in [3.05, 3.63) is 29.8 Å². The maximum Gasteiger partial charge on any atom is 0.316 e. The molecule has 0 spiro atoms. The second kappa shape index (κ2) is 5.66. The van der Waals surface area contributed by atoms with E-state index in [9.17, 15) is 4.79 Å². The predicted octanol–water partition coefficient (Wildman–Crippen LogP) is 2.01. The molecule has 3 nitrogen and oxygen atoms in total. The van der Waals surface area contributed by atoms with Crippen LogP contribution in [-0.4, -0.2) is 23.4 Å². The summed E-state index contributed by atoms with van der Waals surface area (Å²) in [6.07, 6.45) is 1.25. The number of hydrogen-bond donors (Lipinski definition) is 2. The van der Waals surface area contributed by atoms with Gasteiger partial charge in [0.15, 0.2) is 0 Å². The molecule has 0 radical (unpaired) electrons. The molecule has 0 aromatic heterocycles. The van der Waals surface area contributed by atoms with Crippen molar-refractivity contribution < 1.29 is 14.6 Å². The Hall–Kier alpha value is -1.16. The van der Waals surface area contributed by atoms with E-state index in [1.54, 1.807) is 7.11 Å². The van der Waals surface area contributed by atoms with E-state index >= 15 is 0 Å². The van der Waals surface area contributed by atoms with Gasteiger partial charge in [-0.2, -0.15) is 12.6 Å². The number of aliphatic carboxylic acids is 1. The van der Waals surface area contributed by atoms with E-state index in [1.807, 2.05) is 24.3 Å². The van der Waals surface area contributed by atoms with Gasteiger partial charge in [-0.3, -0.25) is 4.79 Å². The molecule has 82 valence electrons. The van der Waals surface area contributed by atoms with Crippen molar-refractivity contribution in [2.24, 2.45) is 0 Å². The van der Waals surface area contributed by atoms with E-state index in [4.69, 9.17) is 9.84 Å². The van der Waals surface area contributed by atoms with Gasteiger partial charge in [0.2, 0.25) is 0 Å². The summed E-state index contributed by atoms with van der Waals surface area (Å²) >= 11 is 3.97. The molecular formula is C11H14O3S. The third-order valence-electron chi connectivity index (χ3n) is 2.15. The summed E-state index contributed by atoms with van der Waals surface area (Å²) in [5.41, 5.74) is 1.09. The zero-order valence-corrected chi connectivity index (χ0v) is 9.41. The van der Waals surface area contributed by atoms with E-state index in [0.717, 1.165) is 11.3 Å². The molecule has 1 aromatic carbocycles. The van der Waals surface area contributed by atoms with Crippen LogP contribution in [0, 0.1) is 0 Å². The van der Waals surface area contributed by atoms with Crippen LogP contribution in [0.25, 0.3) is 0 Å². The Bertz CT molecular complexity index is 321. The minimum absolute atomic E-state index is 0.533. The van der Waals surface area contributed by atoms with Gasteiger partial charge in [-0.25, -0.2) is 0 Å². The number of hydrogen-bond acceptors (Lipinski definition) is 3. The zero-order valence-electron chi connectivity index (χ0n) is 8.51. The van der Waals surface area contributed by atoms with Crippen LogP contribution in [0.5, 0.6) is 5.75 Å². The standard InChI is InChI=1S/C11H14O3S/c1-14-9-5-2-8(3-6-9)4-7-10(15)11(12)13/h2-3,5-6,10,15H,4,7H2,1H3,(H,12,13). The van der Waals surface area contributed by atoms with Crippen molar-refractivity contribution in [1.29, 1.82) is 0 Å². The fourth-order valence-electron chi connectivity index (χ4n) is 1.22. The van der Waals surface area contributed by atoms with Gasteiger partial charge in [-0.1, -0.05) is 12.1 Å². The molecule has 0 aliphatic heterocycles. The van der Waals surface area contributed by atoms with Crippen molar-refractivity contribution in [3.8, 4) is 5.75 Å². The number of carboxylic acid groups (broad SMARTS) is 1. The third kappa shape index (κ3) is 3.83. The lowest BCUT2D eigenvalue weighted by Crippen LogP contribution is -2.13. The number of ether oxygens (including phenoxy) is 1. The lowest BCUT2D eigenvalue weighted by Gasteiger charge is -2.06. The Balaban J connectivity index is 2.47. The molecule has 15 heavy (non-hydrogen) atoms. The summed E-state index contributed by atoms with van der Waals surface area (Å²) in [5, 5.41) is 8.06. The van der Waals surface area contributed by atoms with Crippen LogP contribution in [-0.2, 0) is 11.2 Å². The van der Waals surface area contributed by atoms with Gasteiger partial charge in [0.05, 0.1) is 12.4 Å². The van der Waals surface area contributed by atoms with Crippen LogP contribution in [0.4, 0.5) is 0 Å². The number of carboxylic acids is 1. The van der Waals surface area contributed by atoms with Crippen LogP contribution in [0.3, 0.4) is 0 Å². The largest absolute Gasteiger partial charge is 0.497 e. The van der Waals surface area contributed by atoms with Crippen LogP contribution >= 0.6 is 12.6 Å². The summed E-state index contributed by atoms with van der Waals surface area (Å²) < 4.78 is 5.02. The van der Waals surface area contributed by atoms with Gasteiger partial charge in [-0.05, 0) is 30.5 Å². The lowest BCUT2D eigenvalue weighted by molar-refractivity contribution is -0.136. The first kappa shape index (κ1) is 11.9. The Morgan fingerprint density at radius 1 is 1.47 bits per heavy atom. The molecular weight excluding hydrogens is 212 g/mol. The average molecular weight is 226 g/mol. The molecule has 0 bridgehead atoms. The summed E-state index contributed by atoms with van der Waals surface area (Å²) in [7, 11) is 1.61. The maximum absolute atomic E-state index is 10.5. The minimum atomic E-state index is -0.869. The predicted molar refractivity (Wildman–Crippen MR) is 61.7 cm³/mol. The highest BCUT2D eigenvalue weighted by Crippen LogP contribution is 2.14. The molecule has 0 saturated heterocycles. The van der Waals surface area contributed by atoms with E-state index in [-0.39, 0.29) is 0 Å². The molecule has 0 saturated carbocycles. The smallest absolute Gasteiger partial charge is 0.316 e. The molecule has 0 fully saturated rings. The molecule has 1 atom stereocenters. The molecule has 1 aromatic rings. The van der Waals surface area contributed by atoms with Gasteiger partial charge >= 0.3 is 5.97 Å². The van der Waals surface area contributed by atoms with E-state index in [0.29, 0.717) is 12.8 Å². The Kier molecular flexibility index (Phi) is 4.49. The number of carbonyl (C=O) groups is 1. The topological polar surface area (TPSA) is 46.5 Å². The van der Waals surface area contributed by atoms with Gasteiger partial charge in [0, 0.05) is 0 Å². The number of thiol groups is 1. The maximum atomic E-state index is 10.5. The Morgan fingerprint density at radius 3 is 2.53 bits per heavy atom. The highest BCUT2D eigenvalue weighted by atomic mass is 32.1. The van der Waals surface area contributed by atoms with Crippen LogP contribution in [0.1, 0.15) is 12.0 Å². The summed E-state index contributed by atoms with van der Waals surface area (Å²) in [5.74, 6) is -0.0637. The van der Waals surface area contributed by atoms with Crippen LogP contribution in [0.2, 0.25) is 0 Å². The number of aryl methyl sites for hydroxylation is 1. The molecule has 1 unspecified atom stereocenters. The van der Waals surface area contributed by atoms with Crippen molar-refractivity contribution in [2.45, 2.75) is 18.1 Å². The average Bonchev–Trinajstić information content (AvgIpc) is 2.26. The molecule has 0 aliphatic rings. The van der Waals surface area contributed by atoms with Crippen LogP contribution in [0.15, 0.2) is 24.3 Å². The summed E-state index contributed by atoms with van der Waals surface area (Å²) in [6.45, 7) is 0. The quantitative estimate of drug-likeness (QED) is 0.755. The van der Waals surface area contributed by atoms with E-state index in [1.165, 1.54) is 0 Å². The van der Waals surface area contributed by atoms with Gasteiger partial charge in [0.25, 0.3) is 0 Å². The van der Waals surface area contributed by atoms with Gasteiger partial charge < -0.3 is 9.84 Å². The lowest BCUT2D eigenvalue weighted by atomic mass is 10.1. The minimum Gasteiger partial charge on any atom is -0.497 e. The fourth-order valence-corrected chi connectivity index (χ4v) is 1.35. The monoisotopic (exact) mass is 226 g/mol. The van der Waals surface area contributed by atoms with Crippen molar-refractivity contribution in [1.82, 2.24) is 0 Å². The second-order valence-corrected chi connectivity index (χ2v) is 3.86. The van der Waals surface area contributed by atoms with E-state index < -0.39 is 11.2 Å².